The number of likely N-dealkylation sites (tertiary alicyclic amines) is 1. The Kier molecular flexibility index (Phi) is 4.52. The first-order chi connectivity index (χ1) is 15.2. The Morgan fingerprint density at radius 1 is 1.00 bits per heavy atom. The van der Waals surface area contributed by atoms with Gasteiger partial charge in [-0.05, 0) is 78.6 Å². The molecule has 0 unspecified atom stereocenters. The predicted molar refractivity (Wildman–Crippen MR) is 123 cm³/mol. The molecular weight excluding hydrogens is 380 g/mol. The summed E-state index contributed by atoms with van der Waals surface area (Å²) >= 11 is 0. The molecule has 3 aromatic rings. The molecule has 1 saturated heterocycles. The van der Waals surface area contributed by atoms with Gasteiger partial charge in [-0.2, -0.15) is 0 Å². The standard InChI is InChI=1S/C28H30N2O/c1-19-14-21(17-29-16-19)27(31)20-10-12-30(13-11-20)18-28-15-24(22-6-2-4-8-25(22)28)23-7-3-5-9-26(23)28/h2-9,14,16-17,20,24,27,31H,10-13,15,18H2,1H3/t24?,27-,28?/m1/s1. The van der Waals surface area contributed by atoms with Crippen molar-refractivity contribution in [3.05, 3.63) is 100 Å². The first kappa shape index (κ1) is 19.2. The van der Waals surface area contributed by atoms with E-state index < -0.39 is 6.10 Å². The van der Waals surface area contributed by atoms with Gasteiger partial charge in [-0.15, -0.1) is 0 Å². The zero-order valence-corrected chi connectivity index (χ0v) is 18.2. The van der Waals surface area contributed by atoms with Crippen molar-refractivity contribution < 1.29 is 5.11 Å². The molecule has 158 valence electrons. The number of aliphatic hydroxyl groups excluding tert-OH is 1. The number of benzene rings is 2. The number of piperidine rings is 1. The van der Waals surface area contributed by atoms with Crippen molar-refractivity contribution in [3.8, 4) is 0 Å². The topological polar surface area (TPSA) is 36.4 Å². The van der Waals surface area contributed by atoms with Crippen molar-refractivity contribution in [2.75, 3.05) is 19.6 Å². The number of pyridine rings is 1. The van der Waals surface area contributed by atoms with E-state index in [0.717, 1.165) is 43.6 Å². The normalized spacial score (nSPS) is 25.9. The van der Waals surface area contributed by atoms with Crippen LogP contribution in [0.5, 0.6) is 0 Å². The Bertz CT molecular complexity index is 1070. The molecule has 1 aromatic heterocycles. The van der Waals surface area contributed by atoms with E-state index in [1.165, 1.54) is 6.42 Å². The third-order valence-corrected chi connectivity index (χ3v) is 8.07. The van der Waals surface area contributed by atoms with Crippen LogP contribution in [0.1, 0.15) is 64.7 Å². The average Bonchev–Trinajstić information content (AvgIpc) is 3.31. The van der Waals surface area contributed by atoms with E-state index in [1.54, 1.807) is 22.3 Å². The minimum Gasteiger partial charge on any atom is -0.388 e. The number of aromatic nitrogens is 1. The van der Waals surface area contributed by atoms with Gasteiger partial charge >= 0.3 is 0 Å². The lowest BCUT2D eigenvalue weighted by atomic mass is 9.74. The Morgan fingerprint density at radius 2 is 1.65 bits per heavy atom. The molecule has 2 bridgehead atoms. The molecule has 1 atom stereocenters. The van der Waals surface area contributed by atoms with Gasteiger partial charge in [0.2, 0.25) is 0 Å². The molecule has 2 aliphatic carbocycles. The van der Waals surface area contributed by atoms with E-state index in [0.29, 0.717) is 11.8 Å². The van der Waals surface area contributed by atoms with Crippen LogP contribution in [0.25, 0.3) is 0 Å². The fraction of sp³-hybridized carbons (Fsp3) is 0.393. The maximum absolute atomic E-state index is 10.9. The maximum atomic E-state index is 10.9. The van der Waals surface area contributed by atoms with Crippen LogP contribution in [-0.4, -0.2) is 34.6 Å². The lowest BCUT2D eigenvalue weighted by Gasteiger charge is -2.40. The molecule has 31 heavy (non-hydrogen) atoms. The lowest BCUT2D eigenvalue weighted by molar-refractivity contribution is 0.0538. The summed E-state index contributed by atoms with van der Waals surface area (Å²) in [6, 6.07) is 20.3. The molecule has 1 fully saturated rings. The Labute approximate surface area is 184 Å². The highest BCUT2D eigenvalue weighted by molar-refractivity contribution is 5.62. The second-order valence-corrected chi connectivity index (χ2v) is 9.87. The van der Waals surface area contributed by atoms with Gasteiger partial charge in [0.05, 0.1) is 6.10 Å². The van der Waals surface area contributed by atoms with Crippen LogP contribution in [0.2, 0.25) is 0 Å². The van der Waals surface area contributed by atoms with Gasteiger partial charge in [0.1, 0.15) is 0 Å². The summed E-state index contributed by atoms with van der Waals surface area (Å²) in [5, 5.41) is 10.9. The molecule has 0 saturated carbocycles. The van der Waals surface area contributed by atoms with Crippen LogP contribution in [0.15, 0.2) is 67.0 Å². The highest BCUT2D eigenvalue weighted by atomic mass is 16.3. The van der Waals surface area contributed by atoms with Crippen molar-refractivity contribution in [1.82, 2.24) is 9.88 Å². The zero-order chi connectivity index (χ0) is 21.0. The molecular formula is C28H30N2O. The monoisotopic (exact) mass is 410 g/mol. The van der Waals surface area contributed by atoms with Gasteiger partial charge in [0.15, 0.2) is 0 Å². The molecule has 6 rings (SSSR count). The van der Waals surface area contributed by atoms with Crippen LogP contribution in [0.3, 0.4) is 0 Å². The molecule has 1 aliphatic heterocycles. The van der Waals surface area contributed by atoms with Crippen LogP contribution in [0, 0.1) is 12.8 Å². The van der Waals surface area contributed by atoms with Crippen molar-refractivity contribution in [3.63, 3.8) is 0 Å². The molecule has 1 N–H and O–H groups in total. The molecule has 0 radical (unpaired) electrons. The van der Waals surface area contributed by atoms with Gasteiger partial charge in [-0.3, -0.25) is 4.98 Å². The molecule has 0 spiro atoms. The minimum atomic E-state index is -0.406. The largest absolute Gasteiger partial charge is 0.388 e. The smallest absolute Gasteiger partial charge is 0.0834 e. The van der Waals surface area contributed by atoms with Crippen LogP contribution in [-0.2, 0) is 5.41 Å². The van der Waals surface area contributed by atoms with E-state index in [1.807, 2.05) is 19.3 Å². The number of hydrogen-bond acceptors (Lipinski definition) is 3. The molecule has 0 amide bonds. The summed E-state index contributed by atoms with van der Waals surface area (Å²) in [4.78, 5) is 6.93. The van der Waals surface area contributed by atoms with E-state index in [4.69, 9.17) is 0 Å². The van der Waals surface area contributed by atoms with Crippen LogP contribution >= 0.6 is 0 Å². The number of hydrogen-bond donors (Lipinski definition) is 1. The summed E-state index contributed by atoms with van der Waals surface area (Å²) in [5.74, 6) is 0.873. The third kappa shape index (κ3) is 2.98. The SMILES string of the molecule is Cc1cncc([C@H](O)C2CCN(CC34CC(c5ccccc53)c3ccccc34)CC2)c1. The highest BCUT2D eigenvalue weighted by Gasteiger charge is 2.53. The molecule has 3 aliphatic rings. The minimum absolute atomic E-state index is 0.129. The zero-order valence-electron chi connectivity index (χ0n) is 18.2. The summed E-state index contributed by atoms with van der Waals surface area (Å²) in [7, 11) is 0. The number of nitrogens with zero attached hydrogens (tertiary/aromatic N) is 2. The summed E-state index contributed by atoms with van der Waals surface area (Å²) in [6.45, 7) is 5.24. The molecule has 3 heteroatoms. The number of aryl methyl sites for hydroxylation is 1. The lowest BCUT2D eigenvalue weighted by Crippen LogP contribution is -2.44. The van der Waals surface area contributed by atoms with Gasteiger partial charge < -0.3 is 10.0 Å². The van der Waals surface area contributed by atoms with E-state index >= 15 is 0 Å². The predicted octanol–water partition coefficient (Wildman–Crippen LogP) is 4.97. The quantitative estimate of drug-likeness (QED) is 0.660. The van der Waals surface area contributed by atoms with E-state index in [9.17, 15) is 5.11 Å². The van der Waals surface area contributed by atoms with E-state index in [2.05, 4.69) is 64.5 Å². The van der Waals surface area contributed by atoms with Crippen molar-refractivity contribution in [2.45, 2.75) is 43.6 Å². The van der Waals surface area contributed by atoms with Gasteiger partial charge in [-0.25, -0.2) is 0 Å². The van der Waals surface area contributed by atoms with Gasteiger partial charge in [0.25, 0.3) is 0 Å². The Hall–Kier alpha value is -2.49. The van der Waals surface area contributed by atoms with Crippen LogP contribution < -0.4 is 0 Å². The summed E-state index contributed by atoms with van der Waals surface area (Å²) in [5.41, 5.74) is 8.39. The van der Waals surface area contributed by atoms with Gasteiger partial charge in [-0.1, -0.05) is 54.6 Å². The highest BCUT2D eigenvalue weighted by Crippen LogP contribution is 2.60. The fourth-order valence-electron chi connectivity index (χ4n) is 6.63. The van der Waals surface area contributed by atoms with E-state index in [-0.39, 0.29) is 5.41 Å². The second-order valence-electron chi connectivity index (χ2n) is 9.87. The third-order valence-electron chi connectivity index (χ3n) is 8.07. The maximum Gasteiger partial charge on any atom is 0.0834 e. The van der Waals surface area contributed by atoms with Crippen molar-refractivity contribution >= 4 is 0 Å². The average molecular weight is 411 g/mol. The first-order valence-electron chi connectivity index (χ1n) is 11.7. The Morgan fingerprint density at radius 3 is 2.29 bits per heavy atom. The number of aliphatic hydroxyl groups is 1. The molecule has 3 nitrogen and oxygen atoms in total. The summed E-state index contributed by atoms with van der Waals surface area (Å²) in [6.07, 6.45) is 6.56. The fourth-order valence-corrected chi connectivity index (χ4v) is 6.63. The number of fused-ring (bicyclic) bond motifs is 8. The molecule has 2 heterocycles. The molecule has 2 aromatic carbocycles. The summed E-state index contributed by atoms with van der Waals surface area (Å²) < 4.78 is 0. The Balaban J connectivity index is 1.22. The second kappa shape index (κ2) is 7.29. The first-order valence-corrected chi connectivity index (χ1v) is 11.7. The van der Waals surface area contributed by atoms with Crippen molar-refractivity contribution in [2.24, 2.45) is 5.92 Å². The van der Waals surface area contributed by atoms with Gasteiger partial charge in [0, 0.05) is 30.3 Å². The number of rotatable bonds is 4. The van der Waals surface area contributed by atoms with Crippen LogP contribution in [0.4, 0.5) is 0 Å². The van der Waals surface area contributed by atoms with Crippen molar-refractivity contribution in [1.29, 1.82) is 0 Å².